The second-order valence-corrected chi connectivity index (χ2v) is 1.27. The highest BCUT2D eigenvalue weighted by Crippen LogP contribution is 1.89. The molecule has 0 aliphatic carbocycles. The van der Waals surface area contributed by atoms with Gasteiger partial charge in [-0.05, 0) is 6.08 Å². The standard InChI is InChI=1S/C6H5N/c1-2-6-4-3-5-7-6/h1,3-4H,5H2. The Balaban J connectivity index is 2.75. The lowest BCUT2D eigenvalue weighted by Crippen LogP contribution is -1.79. The van der Waals surface area contributed by atoms with Crippen LogP contribution in [0.25, 0.3) is 0 Å². The lowest BCUT2D eigenvalue weighted by Gasteiger charge is -1.72. The van der Waals surface area contributed by atoms with E-state index in [2.05, 4.69) is 10.9 Å². The molecule has 0 aromatic heterocycles. The SMILES string of the molecule is C#CC1=NCC=C1. The van der Waals surface area contributed by atoms with E-state index in [4.69, 9.17) is 6.42 Å². The Bertz CT molecular complexity index is 158. The quantitative estimate of drug-likeness (QED) is 0.388. The van der Waals surface area contributed by atoms with Crippen molar-refractivity contribution in [3.63, 3.8) is 0 Å². The molecule has 34 valence electrons. The molecule has 0 saturated heterocycles. The van der Waals surface area contributed by atoms with Gasteiger partial charge in [0.2, 0.25) is 0 Å². The zero-order valence-electron chi connectivity index (χ0n) is 3.89. The maximum Gasteiger partial charge on any atom is 0.107 e. The van der Waals surface area contributed by atoms with Crippen molar-refractivity contribution in [2.45, 2.75) is 0 Å². The fraction of sp³-hybridized carbons (Fsp3) is 0.167. The molecule has 0 aromatic carbocycles. The highest BCUT2D eigenvalue weighted by molar-refractivity contribution is 6.09. The van der Waals surface area contributed by atoms with Crippen LogP contribution in [0.4, 0.5) is 0 Å². The number of hydrogen-bond acceptors (Lipinski definition) is 1. The van der Waals surface area contributed by atoms with E-state index in [0.717, 1.165) is 12.3 Å². The van der Waals surface area contributed by atoms with Gasteiger partial charge in [-0.25, -0.2) is 0 Å². The van der Waals surface area contributed by atoms with Gasteiger partial charge in [0.25, 0.3) is 0 Å². The molecular weight excluding hydrogens is 86.1 g/mol. The summed E-state index contributed by atoms with van der Waals surface area (Å²) in [5.41, 5.74) is 0.764. The minimum atomic E-state index is 0.763. The summed E-state index contributed by atoms with van der Waals surface area (Å²) in [6.07, 6.45) is 8.79. The summed E-state index contributed by atoms with van der Waals surface area (Å²) in [6.45, 7) is 0.763. The molecule has 0 aromatic rings. The number of nitrogens with zero attached hydrogens (tertiary/aromatic N) is 1. The first-order chi connectivity index (χ1) is 3.43. The third-order valence-electron chi connectivity index (χ3n) is 0.791. The molecule has 0 spiro atoms. The van der Waals surface area contributed by atoms with Crippen molar-refractivity contribution in [1.82, 2.24) is 0 Å². The Hall–Kier alpha value is -1.03. The van der Waals surface area contributed by atoms with Gasteiger partial charge >= 0.3 is 0 Å². The van der Waals surface area contributed by atoms with Gasteiger partial charge in [0.1, 0.15) is 5.71 Å². The third-order valence-corrected chi connectivity index (χ3v) is 0.791. The maximum absolute atomic E-state index is 5.00. The summed E-state index contributed by atoms with van der Waals surface area (Å²) >= 11 is 0. The van der Waals surface area contributed by atoms with E-state index in [1.54, 1.807) is 0 Å². The zero-order chi connectivity index (χ0) is 5.11. The molecule has 0 radical (unpaired) electrons. The van der Waals surface area contributed by atoms with Gasteiger partial charge in [-0.1, -0.05) is 12.0 Å². The molecular formula is C6H5N. The molecule has 0 fully saturated rings. The van der Waals surface area contributed by atoms with Crippen molar-refractivity contribution < 1.29 is 0 Å². The molecule has 0 atom stereocenters. The van der Waals surface area contributed by atoms with Crippen LogP contribution in [-0.2, 0) is 0 Å². The van der Waals surface area contributed by atoms with Crippen molar-refractivity contribution >= 4 is 5.71 Å². The Kier molecular flexibility index (Phi) is 0.953. The second-order valence-electron chi connectivity index (χ2n) is 1.27. The molecule has 0 saturated carbocycles. The molecule has 0 N–H and O–H groups in total. The summed E-state index contributed by atoms with van der Waals surface area (Å²) in [6, 6.07) is 0. The van der Waals surface area contributed by atoms with E-state index in [1.165, 1.54) is 0 Å². The lowest BCUT2D eigenvalue weighted by molar-refractivity contribution is 1.29. The van der Waals surface area contributed by atoms with Crippen LogP contribution < -0.4 is 0 Å². The fourth-order valence-corrected chi connectivity index (χ4v) is 0.462. The van der Waals surface area contributed by atoms with Gasteiger partial charge in [0, 0.05) is 0 Å². The topological polar surface area (TPSA) is 12.4 Å². The predicted molar refractivity (Wildman–Crippen MR) is 30.3 cm³/mol. The Morgan fingerprint density at radius 3 is 3.00 bits per heavy atom. The molecule has 1 rings (SSSR count). The van der Waals surface area contributed by atoms with Crippen LogP contribution in [-0.4, -0.2) is 12.3 Å². The summed E-state index contributed by atoms with van der Waals surface area (Å²) in [5.74, 6) is 2.43. The normalized spacial score (nSPS) is 16.1. The lowest BCUT2D eigenvalue weighted by atomic mass is 10.4. The molecule has 1 heterocycles. The van der Waals surface area contributed by atoms with Crippen LogP contribution in [0.1, 0.15) is 0 Å². The van der Waals surface area contributed by atoms with Gasteiger partial charge < -0.3 is 0 Å². The Morgan fingerprint density at radius 1 is 1.86 bits per heavy atom. The third kappa shape index (κ3) is 0.690. The molecule has 0 unspecified atom stereocenters. The van der Waals surface area contributed by atoms with E-state index < -0.39 is 0 Å². The number of allylic oxidation sites excluding steroid dienone is 1. The molecule has 0 bridgehead atoms. The zero-order valence-corrected chi connectivity index (χ0v) is 3.89. The Morgan fingerprint density at radius 2 is 2.71 bits per heavy atom. The molecule has 1 heteroatoms. The van der Waals surface area contributed by atoms with Gasteiger partial charge in [-0.15, -0.1) is 6.42 Å². The smallest absolute Gasteiger partial charge is 0.107 e. The number of aliphatic imine (C=N–C) groups is 1. The highest BCUT2D eigenvalue weighted by Gasteiger charge is 1.89. The molecule has 1 nitrogen and oxygen atoms in total. The van der Waals surface area contributed by atoms with E-state index in [0.29, 0.717) is 0 Å². The van der Waals surface area contributed by atoms with E-state index >= 15 is 0 Å². The molecule has 7 heavy (non-hydrogen) atoms. The van der Waals surface area contributed by atoms with Crippen molar-refractivity contribution in [2.75, 3.05) is 6.54 Å². The van der Waals surface area contributed by atoms with E-state index in [1.807, 2.05) is 12.2 Å². The van der Waals surface area contributed by atoms with Gasteiger partial charge in [0.05, 0.1) is 6.54 Å². The minimum Gasteiger partial charge on any atom is -0.272 e. The summed E-state index contributed by atoms with van der Waals surface area (Å²) in [7, 11) is 0. The van der Waals surface area contributed by atoms with E-state index in [9.17, 15) is 0 Å². The van der Waals surface area contributed by atoms with Gasteiger partial charge in [-0.3, -0.25) is 4.99 Å². The summed E-state index contributed by atoms with van der Waals surface area (Å²) in [4.78, 5) is 3.92. The molecule has 1 aliphatic rings. The largest absolute Gasteiger partial charge is 0.272 e. The Labute approximate surface area is 42.8 Å². The van der Waals surface area contributed by atoms with Crippen molar-refractivity contribution in [1.29, 1.82) is 0 Å². The van der Waals surface area contributed by atoms with Crippen LogP contribution in [0.5, 0.6) is 0 Å². The molecule has 1 aliphatic heterocycles. The van der Waals surface area contributed by atoms with Crippen LogP contribution in [0.2, 0.25) is 0 Å². The summed E-state index contributed by atoms with van der Waals surface area (Å²) in [5, 5.41) is 0. The first-order valence-corrected chi connectivity index (χ1v) is 2.11. The van der Waals surface area contributed by atoms with Crippen LogP contribution in [0, 0.1) is 12.3 Å². The van der Waals surface area contributed by atoms with Crippen molar-refractivity contribution in [3.05, 3.63) is 12.2 Å². The van der Waals surface area contributed by atoms with Gasteiger partial charge in [-0.2, -0.15) is 0 Å². The average molecular weight is 91.1 g/mol. The van der Waals surface area contributed by atoms with Crippen LogP contribution in [0.3, 0.4) is 0 Å². The monoisotopic (exact) mass is 91.0 g/mol. The highest BCUT2D eigenvalue weighted by atomic mass is 14.7. The van der Waals surface area contributed by atoms with Crippen molar-refractivity contribution in [3.8, 4) is 12.3 Å². The number of rotatable bonds is 0. The summed E-state index contributed by atoms with van der Waals surface area (Å²) < 4.78 is 0. The van der Waals surface area contributed by atoms with Crippen LogP contribution >= 0.6 is 0 Å². The predicted octanol–water partition coefficient (Wildman–Crippen LogP) is 0.630. The van der Waals surface area contributed by atoms with E-state index in [-0.39, 0.29) is 0 Å². The number of terminal acetylenes is 1. The average Bonchev–Trinajstić information content (AvgIpc) is 2.14. The first-order valence-electron chi connectivity index (χ1n) is 2.11. The fourth-order valence-electron chi connectivity index (χ4n) is 0.462. The first kappa shape index (κ1) is 4.14. The number of hydrogen-bond donors (Lipinski definition) is 0. The maximum atomic E-state index is 5.00. The molecule has 0 amide bonds. The second kappa shape index (κ2) is 1.61. The van der Waals surface area contributed by atoms with Crippen LogP contribution in [0.15, 0.2) is 17.1 Å². The van der Waals surface area contributed by atoms with Gasteiger partial charge in [0.15, 0.2) is 0 Å². The van der Waals surface area contributed by atoms with Crippen molar-refractivity contribution in [2.24, 2.45) is 4.99 Å². The minimum absolute atomic E-state index is 0.763.